The number of carbonyl (C=O) groups is 2. The molecular formula is C30H25F3N2O6. The first-order chi connectivity index (χ1) is 19.7. The lowest BCUT2D eigenvalue weighted by atomic mass is 10.1. The second-order valence-corrected chi connectivity index (χ2v) is 8.71. The SMILES string of the molecule is O=C(NCCOc1ccc(CC(Oc2ccc(OC(F)(F)F)cc2)C(=O)O)cc1)c1ccc(-c2ccccn2)cc1. The fourth-order valence-electron chi connectivity index (χ4n) is 3.76. The highest BCUT2D eigenvalue weighted by Gasteiger charge is 2.31. The van der Waals surface area contributed by atoms with E-state index in [2.05, 4.69) is 15.0 Å². The first-order valence-electron chi connectivity index (χ1n) is 12.4. The maximum absolute atomic E-state index is 12.4. The van der Waals surface area contributed by atoms with Crippen LogP contribution < -0.4 is 19.5 Å². The summed E-state index contributed by atoms with van der Waals surface area (Å²) in [5.41, 5.74) is 2.88. The van der Waals surface area contributed by atoms with Crippen LogP contribution in [0.3, 0.4) is 0 Å². The number of nitrogens with one attached hydrogen (secondary N) is 1. The van der Waals surface area contributed by atoms with E-state index in [1.807, 2.05) is 30.3 Å². The molecule has 11 heteroatoms. The number of halogens is 3. The van der Waals surface area contributed by atoms with Crippen LogP contribution >= 0.6 is 0 Å². The minimum Gasteiger partial charge on any atom is -0.492 e. The normalized spacial score (nSPS) is 11.8. The van der Waals surface area contributed by atoms with E-state index in [9.17, 15) is 27.9 Å². The van der Waals surface area contributed by atoms with E-state index in [0.717, 1.165) is 23.4 Å². The lowest BCUT2D eigenvalue weighted by Crippen LogP contribution is -2.29. The molecule has 41 heavy (non-hydrogen) atoms. The van der Waals surface area contributed by atoms with Crippen molar-refractivity contribution in [3.8, 4) is 28.5 Å². The number of carboxylic acid groups (broad SMARTS) is 1. The number of benzene rings is 3. The number of rotatable bonds is 12. The molecule has 4 rings (SSSR count). The zero-order valence-electron chi connectivity index (χ0n) is 21.5. The number of ether oxygens (including phenoxy) is 3. The zero-order valence-corrected chi connectivity index (χ0v) is 21.5. The molecule has 0 saturated heterocycles. The van der Waals surface area contributed by atoms with Gasteiger partial charge >= 0.3 is 12.3 Å². The number of pyridine rings is 1. The van der Waals surface area contributed by atoms with Crippen LogP contribution in [0.25, 0.3) is 11.3 Å². The Labute approximate surface area is 233 Å². The van der Waals surface area contributed by atoms with Crippen molar-refractivity contribution >= 4 is 11.9 Å². The number of nitrogens with zero attached hydrogens (tertiary/aromatic N) is 1. The number of aliphatic carboxylic acids is 1. The minimum absolute atomic E-state index is 0.00555. The van der Waals surface area contributed by atoms with Gasteiger partial charge in [0.25, 0.3) is 5.91 Å². The zero-order chi connectivity index (χ0) is 29.2. The summed E-state index contributed by atoms with van der Waals surface area (Å²) in [5, 5.41) is 12.3. The van der Waals surface area contributed by atoms with E-state index in [0.29, 0.717) is 16.9 Å². The largest absolute Gasteiger partial charge is 0.573 e. The second-order valence-electron chi connectivity index (χ2n) is 8.71. The molecule has 1 unspecified atom stereocenters. The van der Waals surface area contributed by atoms with Crippen molar-refractivity contribution in [2.24, 2.45) is 0 Å². The van der Waals surface area contributed by atoms with Gasteiger partial charge in [0.15, 0.2) is 6.10 Å². The first kappa shape index (κ1) is 28.9. The molecule has 0 aliphatic carbocycles. The smallest absolute Gasteiger partial charge is 0.492 e. The van der Waals surface area contributed by atoms with Crippen LogP contribution in [-0.4, -0.2) is 47.6 Å². The van der Waals surface area contributed by atoms with Gasteiger partial charge in [0.05, 0.1) is 12.2 Å². The number of carboxylic acids is 1. The van der Waals surface area contributed by atoms with Crippen LogP contribution in [0.4, 0.5) is 13.2 Å². The monoisotopic (exact) mass is 566 g/mol. The summed E-state index contributed by atoms with van der Waals surface area (Å²) >= 11 is 0. The molecule has 0 radical (unpaired) electrons. The Morgan fingerprint density at radius 3 is 2.12 bits per heavy atom. The Balaban J connectivity index is 1.22. The van der Waals surface area contributed by atoms with Gasteiger partial charge in [-0.2, -0.15) is 0 Å². The van der Waals surface area contributed by atoms with E-state index in [-0.39, 0.29) is 31.2 Å². The lowest BCUT2D eigenvalue weighted by molar-refractivity contribution is -0.274. The van der Waals surface area contributed by atoms with Gasteiger partial charge in [0, 0.05) is 23.7 Å². The molecule has 0 spiro atoms. The molecule has 0 saturated carbocycles. The Morgan fingerprint density at radius 1 is 0.854 bits per heavy atom. The molecular weight excluding hydrogens is 541 g/mol. The summed E-state index contributed by atoms with van der Waals surface area (Å²) < 4.78 is 51.8. The van der Waals surface area contributed by atoms with Crippen LogP contribution in [0.2, 0.25) is 0 Å². The van der Waals surface area contributed by atoms with Gasteiger partial charge in [-0.05, 0) is 66.2 Å². The predicted molar refractivity (Wildman–Crippen MR) is 143 cm³/mol. The van der Waals surface area contributed by atoms with Crippen molar-refractivity contribution in [2.75, 3.05) is 13.2 Å². The van der Waals surface area contributed by atoms with Gasteiger partial charge in [0.2, 0.25) is 0 Å². The van der Waals surface area contributed by atoms with Gasteiger partial charge in [-0.1, -0.05) is 30.3 Å². The molecule has 1 atom stereocenters. The summed E-state index contributed by atoms with van der Waals surface area (Å²) in [7, 11) is 0. The number of aromatic nitrogens is 1. The number of amides is 1. The maximum atomic E-state index is 12.4. The molecule has 212 valence electrons. The number of hydrogen-bond donors (Lipinski definition) is 2. The van der Waals surface area contributed by atoms with Crippen molar-refractivity contribution in [1.82, 2.24) is 10.3 Å². The van der Waals surface area contributed by atoms with Crippen LogP contribution in [0.1, 0.15) is 15.9 Å². The highest BCUT2D eigenvalue weighted by Crippen LogP contribution is 2.26. The lowest BCUT2D eigenvalue weighted by Gasteiger charge is -2.16. The van der Waals surface area contributed by atoms with Crippen LogP contribution in [0.5, 0.6) is 17.2 Å². The average Bonchev–Trinajstić information content (AvgIpc) is 2.96. The topological polar surface area (TPSA) is 107 Å². The van der Waals surface area contributed by atoms with Crippen molar-refractivity contribution in [1.29, 1.82) is 0 Å². The predicted octanol–water partition coefficient (Wildman–Crippen LogP) is 5.53. The Morgan fingerprint density at radius 2 is 1.51 bits per heavy atom. The van der Waals surface area contributed by atoms with Crippen molar-refractivity contribution in [3.05, 3.63) is 108 Å². The van der Waals surface area contributed by atoms with E-state index >= 15 is 0 Å². The van der Waals surface area contributed by atoms with E-state index in [4.69, 9.17) is 9.47 Å². The Bertz CT molecular complexity index is 1430. The van der Waals surface area contributed by atoms with Crippen molar-refractivity contribution < 1.29 is 42.1 Å². The molecule has 1 aromatic heterocycles. The molecule has 1 heterocycles. The second kappa shape index (κ2) is 13.3. The first-order valence-corrected chi connectivity index (χ1v) is 12.4. The fraction of sp³-hybridized carbons (Fsp3) is 0.167. The Kier molecular flexibility index (Phi) is 9.41. The molecule has 8 nitrogen and oxygen atoms in total. The van der Waals surface area contributed by atoms with Crippen LogP contribution in [-0.2, 0) is 11.2 Å². The summed E-state index contributed by atoms with van der Waals surface area (Å²) in [6, 6.07) is 23.9. The Hall–Kier alpha value is -5.06. The number of alkyl halides is 3. The third-order valence-electron chi connectivity index (χ3n) is 5.72. The molecule has 4 aromatic rings. The summed E-state index contributed by atoms with van der Waals surface area (Å²) in [6.07, 6.45) is -4.39. The standard InChI is InChI=1S/C30H25F3N2O6/c31-30(32,33)41-25-14-12-24(13-15-25)40-27(29(37)38)19-20-4-10-23(11-5-20)39-18-17-35-28(36)22-8-6-21(7-9-22)26-3-1-2-16-34-26/h1-16,27H,17-19H2,(H,35,36)(H,37,38). The van der Waals surface area contributed by atoms with Crippen molar-refractivity contribution in [2.45, 2.75) is 18.9 Å². The van der Waals surface area contributed by atoms with Crippen LogP contribution in [0.15, 0.2) is 97.2 Å². The van der Waals surface area contributed by atoms with Crippen molar-refractivity contribution in [3.63, 3.8) is 0 Å². The fourth-order valence-corrected chi connectivity index (χ4v) is 3.76. The molecule has 2 N–H and O–H groups in total. The quantitative estimate of drug-likeness (QED) is 0.217. The van der Waals surface area contributed by atoms with E-state index in [1.165, 1.54) is 12.1 Å². The average molecular weight is 567 g/mol. The third-order valence-corrected chi connectivity index (χ3v) is 5.72. The molecule has 1 amide bonds. The molecule has 0 fully saturated rings. The van der Waals surface area contributed by atoms with Gasteiger partial charge in [-0.3, -0.25) is 9.78 Å². The van der Waals surface area contributed by atoms with Gasteiger partial charge in [-0.25, -0.2) is 4.79 Å². The van der Waals surface area contributed by atoms with E-state index < -0.39 is 24.2 Å². The molecule has 0 aliphatic heterocycles. The van der Waals surface area contributed by atoms with Gasteiger partial charge < -0.3 is 24.6 Å². The molecule has 3 aromatic carbocycles. The molecule has 0 aliphatic rings. The van der Waals surface area contributed by atoms with Gasteiger partial charge in [0.1, 0.15) is 23.9 Å². The maximum Gasteiger partial charge on any atom is 0.573 e. The van der Waals surface area contributed by atoms with Crippen LogP contribution in [0, 0.1) is 0 Å². The summed E-state index contributed by atoms with van der Waals surface area (Å²) in [4.78, 5) is 28.4. The summed E-state index contributed by atoms with van der Waals surface area (Å²) in [6.45, 7) is 0.482. The summed E-state index contributed by atoms with van der Waals surface area (Å²) in [5.74, 6) is -1.31. The third kappa shape index (κ3) is 8.99. The molecule has 0 bridgehead atoms. The number of carbonyl (C=O) groups excluding carboxylic acids is 1. The van der Waals surface area contributed by atoms with E-state index in [1.54, 1.807) is 42.6 Å². The number of hydrogen-bond acceptors (Lipinski definition) is 6. The van der Waals surface area contributed by atoms with Gasteiger partial charge in [-0.15, -0.1) is 13.2 Å². The highest BCUT2D eigenvalue weighted by atomic mass is 19.4. The highest BCUT2D eigenvalue weighted by molar-refractivity contribution is 5.94. The minimum atomic E-state index is -4.83.